The number of nitrogens with zero attached hydrogens (tertiary/aromatic N) is 1. The molecular weight excluding hydrogens is 238 g/mol. The van der Waals surface area contributed by atoms with E-state index in [-0.39, 0.29) is 5.97 Å². The summed E-state index contributed by atoms with van der Waals surface area (Å²) in [6.45, 7) is 0. The molecule has 100 valence electrons. The average molecular weight is 257 g/mol. The second kappa shape index (κ2) is 4.72. The molecule has 1 atom stereocenters. The van der Waals surface area contributed by atoms with E-state index in [0.717, 1.165) is 19.3 Å². The van der Waals surface area contributed by atoms with Crippen LogP contribution in [0.3, 0.4) is 0 Å². The first-order valence-corrected chi connectivity index (χ1v) is 6.85. The van der Waals surface area contributed by atoms with Gasteiger partial charge in [-0.05, 0) is 36.8 Å². The Morgan fingerprint density at radius 1 is 1.42 bits per heavy atom. The molecule has 3 nitrogen and oxygen atoms in total. The lowest BCUT2D eigenvalue weighted by Gasteiger charge is -2.23. The van der Waals surface area contributed by atoms with E-state index < -0.39 is 0 Å². The highest BCUT2D eigenvalue weighted by Gasteiger charge is 2.28. The molecule has 0 aliphatic heterocycles. The summed E-state index contributed by atoms with van der Waals surface area (Å²) < 4.78 is 7.13. The molecule has 0 bridgehead atoms. The first kappa shape index (κ1) is 12.3. The molecule has 0 fully saturated rings. The van der Waals surface area contributed by atoms with Gasteiger partial charge in [0.25, 0.3) is 0 Å². The molecule has 0 saturated heterocycles. The highest BCUT2D eigenvalue weighted by atomic mass is 16.5. The normalized spacial score (nSPS) is 18.3. The minimum Gasteiger partial charge on any atom is -0.469 e. The number of rotatable bonds is 2. The number of hydrogen-bond donors (Lipinski definition) is 0. The summed E-state index contributed by atoms with van der Waals surface area (Å²) in [5, 5.41) is 1.30. The van der Waals surface area contributed by atoms with Gasteiger partial charge in [0.1, 0.15) is 0 Å². The molecule has 0 radical (unpaired) electrons. The summed E-state index contributed by atoms with van der Waals surface area (Å²) in [6.07, 6.45) is 3.84. The van der Waals surface area contributed by atoms with Crippen LogP contribution < -0.4 is 0 Å². The number of carbonyl (C=O) groups is 1. The Morgan fingerprint density at radius 3 is 3.00 bits per heavy atom. The number of aryl methyl sites for hydroxylation is 1. The third kappa shape index (κ3) is 1.93. The van der Waals surface area contributed by atoms with Gasteiger partial charge in [-0.25, -0.2) is 0 Å². The van der Waals surface area contributed by atoms with Crippen molar-refractivity contribution < 1.29 is 9.53 Å². The summed E-state index contributed by atoms with van der Waals surface area (Å²) in [5.41, 5.74) is 4.03. The number of benzene rings is 1. The molecule has 2 aromatic rings. The predicted molar refractivity (Wildman–Crippen MR) is 75.2 cm³/mol. The molecule has 19 heavy (non-hydrogen) atoms. The summed E-state index contributed by atoms with van der Waals surface area (Å²) in [5.74, 6) is 0.202. The number of esters is 1. The first-order chi connectivity index (χ1) is 9.22. The van der Waals surface area contributed by atoms with Gasteiger partial charge >= 0.3 is 5.97 Å². The quantitative estimate of drug-likeness (QED) is 0.774. The van der Waals surface area contributed by atoms with Crippen molar-refractivity contribution in [1.82, 2.24) is 4.57 Å². The molecule has 0 amide bonds. The van der Waals surface area contributed by atoms with Gasteiger partial charge in [0, 0.05) is 23.6 Å². The lowest BCUT2D eigenvalue weighted by atomic mass is 9.83. The number of carbonyl (C=O) groups excluding carboxylic acids is 1. The van der Waals surface area contributed by atoms with Crippen molar-refractivity contribution in [2.45, 2.75) is 31.6 Å². The van der Waals surface area contributed by atoms with Gasteiger partial charge in [0.15, 0.2) is 0 Å². The lowest BCUT2D eigenvalue weighted by molar-refractivity contribution is -0.141. The van der Waals surface area contributed by atoms with Gasteiger partial charge in [-0.1, -0.05) is 18.2 Å². The van der Waals surface area contributed by atoms with E-state index in [9.17, 15) is 4.79 Å². The maximum atomic E-state index is 11.6. The van der Waals surface area contributed by atoms with Crippen LogP contribution in [0.4, 0.5) is 0 Å². The topological polar surface area (TPSA) is 31.2 Å². The fourth-order valence-electron chi connectivity index (χ4n) is 3.38. The Labute approximate surface area is 113 Å². The highest BCUT2D eigenvalue weighted by Crippen LogP contribution is 2.40. The summed E-state index contributed by atoms with van der Waals surface area (Å²) in [6, 6.07) is 8.47. The molecule has 1 heterocycles. The molecule has 3 rings (SSSR count). The van der Waals surface area contributed by atoms with E-state index in [0.29, 0.717) is 12.3 Å². The van der Waals surface area contributed by atoms with Crippen LogP contribution >= 0.6 is 0 Å². The zero-order chi connectivity index (χ0) is 13.4. The molecule has 1 unspecified atom stereocenters. The highest BCUT2D eigenvalue weighted by molar-refractivity contribution is 5.87. The minimum atomic E-state index is -0.106. The molecule has 1 aromatic heterocycles. The fraction of sp³-hybridized carbons (Fsp3) is 0.438. The Balaban J connectivity index is 2.12. The summed E-state index contributed by atoms with van der Waals surface area (Å²) >= 11 is 0. The van der Waals surface area contributed by atoms with E-state index >= 15 is 0 Å². The van der Waals surface area contributed by atoms with Crippen molar-refractivity contribution >= 4 is 16.9 Å². The van der Waals surface area contributed by atoms with Crippen LogP contribution in [0.5, 0.6) is 0 Å². The van der Waals surface area contributed by atoms with Gasteiger partial charge in [0.2, 0.25) is 0 Å². The van der Waals surface area contributed by atoms with Crippen LogP contribution in [0.25, 0.3) is 10.9 Å². The molecular formula is C16H19NO2. The average Bonchev–Trinajstić information content (AvgIpc) is 2.74. The molecule has 1 aromatic carbocycles. The molecule has 0 saturated carbocycles. The molecule has 3 heteroatoms. The zero-order valence-corrected chi connectivity index (χ0v) is 11.5. The number of hydrogen-bond acceptors (Lipinski definition) is 2. The molecule has 1 aliphatic carbocycles. The Morgan fingerprint density at radius 2 is 2.21 bits per heavy atom. The second-order valence-electron chi connectivity index (χ2n) is 5.31. The minimum absolute atomic E-state index is 0.106. The van der Waals surface area contributed by atoms with Crippen LogP contribution in [-0.2, 0) is 23.0 Å². The third-order valence-corrected chi connectivity index (χ3v) is 4.29. The Hall–Kier alpha value is -1.77. The van der Waals surface area contributed by atoms with E-state index in [1.807, 2.05) is 0 Å². The van der Waals surface area contributed by atoms with Crippen molar-refractivity contribution in [2.24, 2.45) is 7.05 Å². The van der Waals surface area contributed by atoms with Crippen molar-refractivity contribution in [3.63, 3.8) is 0 Å². The van der Waals surface area contributed by atoms with Crippen molar-refractivity contribution in [1.29, 1.82) is 0 Å². The number of fused-ring (bicyclic) bond motifs is 3. The fourth-order valence-corrected chi connectivity index (χ4v) is 3.38. The van der Waals surface area contributed by atoms with Crippen LogP contribution in [0.1, 0.15) is 36.4 Å². The van der Waals surface area contributed by atoms with E-state index in [4.69, 9.17) is 4.74 Å². The number of ether oxygens (including phenoxy) is 1. The molecule has 0 spiro atoms. The number of para-hydroxylation sites is 1. The van der Waals surface area contributed by atoms with Crippen LogP contribution in [0.15, 0.2) is 24.3 Å². The number of methoxy groups -OCH3 is 1. The maximum Gasteiger partial charge on any atom is 0.306 e. The van der Waals surface area contributed by atoms with Gasteiger partial charge in [-0.2, -0.15) is 0 Å². The zero-order valence-electron chi connectivity index (χ0n) is 11.5. The Kier molecular flexibility index (Phi) is 3.05. The lowest BCUT2D eigenvalue weighted by Crippen LogP contribution is -2.15. The van der Waals surface area contributed by atoms with Crippen molar-refractivity contribution in [2.75, 3.05) is 7.11 Å². The van der Waals surface area contributed by atoms with Crippen LogP contribution in [0, 0.1) is 0 Å². The second-order valence-corrected chi connectivity index (χ2v) is 5.31. The maximum absolute atomic E-state index is 11.6. The van der Waals surface area contributed by atoms with Gasteiger partial charge in [-0.3, -0.25) is 4.79 Å². The molecule has 1 aliphatic rings. The smallest absolute Gasteiger partial charge is 0.306 e. The van der Waals surface area contributed by atoms with E-state index in [1.54, 1.807) is 0 Å². The summed E-state index contributed by atoms with van der Waals surface area (Å²) in [4.78, 5) is 11.6. The predicted octanol–water partition coefficient (Wildman–Crippen LogP) is 3.16. The van der Waals surface area contributed by atoms with E-state index in [2.05, 4.69) is 35.9 Å². The standard InChI is InChI=1S/C16H19NO2/c1-17-13-8-4-3-7-12(13)16-11(10-15(18)19-2)6-5-9-14(16)17/h3-4,7-8,11H,5-6,9-10H2,1-2H3. The SMILES string of the molecule is COC(=O)CC1CCCc2c1c1ccccc1n2C. The van der Waals surface area contributed by atoms with E-state index in [1.165, 1.54) is 29.3 Å². The number of aromatic nitrogens is 1. The monoisotopic (exact) mass is 257 g/mol. The third-order valence-electron chi connectivity index (χ3n) is 4.29. The molecule has 0 N–H and O–H groups in total. The van der Waals surface area contributed by atoms with Crippen molar-refractivity contribution in [3.8, 4) is 0 Å². The first-order valence-electron chi connectivity index (χ1n) is 6.85. The van der Waals surface area contributed by atoms with Crippen molar-refractivity contribution in [3.05, 3.63) is 35.5 Å². The Bertz CT molecular complexity index is 627. The largest absolute Gasteiger partial charge is 0.469 e. The van der Waals surface area contributed by atoms with Gasteiger partial charge < -0.3 is 9.30 Å². The van der Waals surface area contributed by atoms with Gasteiger partial charge in [-0.15, -0.1) is 0 Å². The summed E-state index contributed by atoms with van der Waals surface area (Å²) in [7, 11) is 3.59. The van der Waals surface area contributed by atoms with Gasteiger partial charge in [0.05, 0.1) is 13.5 Å². The van der Waals surface area contributed by atoms with Crippen LogP contribution in [0.2, 0.25) is 0 Å². The van der Waals surface area contributed by atoms with Crippen LogP contribution in [-0.4, -0.2) is 17.6 Å².